The highest BCUT2D eigenvalue weighted by atomic mass is 32.2. The standard InChI is InChI=1S/C13H18N2OS/c1-9(2)12-8-17-13(15-12)14-10-4-6-11(16-3)7-5-10/h4-7,9,12H,8H2,1-3H3,(H,14,15). The number of nitrogens with zero attached hydrogens (tertiary/aromatic N) is 1. The Bertz CT molecular complexity index is 400. The van der Waals surface area contributed by atoms with Crippen LogP contribution in [0.3, 0.4) is 0 Å². The van der Waals surface area contributed by atoms with Crippen molar-refractivity contribution in [2.45, 2.75) is 19.9 Å². The Morgan fingerprint density at radius 3 is 2.59 bits per heavy atom. The van der Waals surface area contributed by atoms with E-state index in [1.807, 2.05) is 24.3 Å². The lowest BCUT2D eigenvalue weighted by Crippen LogP contribution is -2.12. The number of ether oxygens (including phenoxy) is 1. The van der Waals surface area contributed by atoms with Gasteiger partial charge in [-0.25, -0.2) is 0 Å². The smallest absolute Gasteiger partial charge is 0.161 e. The highest BCUT2D eigenvalue weighted by Gasteiger charge is 2.20. The molecule has 0 bridgehead atoms. The number of anilines is 1. The van der Waals surface area contributed by atoms with Crippen LogP contribution in [0.5, 0.6) is 5.75 Å². The molecule has 0 aliphatic carbocycles. The summed E-state index contributed by atoms with van der Waals surface area (Å²) < 4.78 is 5.12. The van der Waals surface area contributed by atoms with Crippen molar-refractivity contribution in [3.05, 3.63) is 24.3 Å². The van der Waals surface area contributed by atoms with E-state index in [-0.39, 0.29) is 0 Å². The molecule has 1 aliphatic rings. The molecule has 1 aromatic carbocycles. The number of thioether (sulfide) groups is 1. The highest BCUT2D eigenvalue weighted by molar-refractivity contribution is 8.14. The SMILES string of the molecule is COc1ccc(NC2=NC(C(C)C)CS2)cc1. The first kappa shape index (κ1) is 12.3. The number of hydrogen-bond donors (Lipinski definition) is 1. The summed E-state index contributed by atoms with van der Waals surface area (Å²) in [5.74, 6) is 2.56. The van der Waals surface area contributed by atoms with Crippen molar-refractivity contribution in [3.8, 4) is 5.75 Å². The van der Waals surface area contributed by atoms with Crippen LogP contribution in [0.2, 0.25) is 0 Å². The fourth-order valence-electron chi connectivity index (χ4n) is 1.60. The molecule has 2 rings (SSSR count). The molecule has 1 aliphatic heterocycles. The quantitative estimate of drug-likeness (QED) is 0.894. The Labute approximate surface area is 107 Å². The van der Waals surface area contributed by atoms with Crippen LogP contribution in [0.15, 0.2) is 29.3 Å². The average molecular weight is 250 g/mol. The van der Waals surface area contributed by atoms with Crippen molar-refractivity contribution in [2.24, 2.45) is 10.9 Å². The Balaban J connectivity index is 1.99. The maximum absolute atomic E-state index is 5.12. The number of hydrogen-bond acceptors (Lipinski definition) is 4. The minimum atomic E-state index is 0.445. The molecule has 17 heavy (non-hydrogen) atoms. The Kier molecular flexibility index (Phi) is 3.94. The van der Waals surface area contributed by atoms with Gasteiger partial charge in [0, 0.05) is 11.4 Å². The monoisotopic (exact) mass is 250 g/mol. The molecule has 0 spiro atoms. The van der Waals surface area contributed by atoms with Crippen molar-refractivity contribution < 1.29 is 4.74 Å². The third-order valence-corrected chi connectivity index (χ3v) is 3.77. The lowest BCUT2D eigenvalue weighted by Gasteiger charge is -2.08. The Morgan fingerprint density at radius 2 is 2.06 bits per heavy atom. The van der Waals surface area contributed by atoms with Crippen LogP contribution in [0, 0.1) is 5.92 Å². The van der Waals surface area contributed by atoms with Crippen molar-refractivity contribution in [2.75, 3.05) is 18.2 Å². The van der Waals surface area contributed by atoms with E-state index in [4.69, 9.17) is 4.74 Å². The lowest BCUT2D eigenvalue weighted by molar-refractivity contribution is 0.415. The second-order valence-electron chi connectivity index (χ2n) is 4.41. The van der Waals surface area contributed by atoms with E-state index in [1.54, 1.807) is 18.9 Å². The Morgan fingerprint density at radius 1 is 1.35 bits per heavy atom. The van der Waals surface area contributed by atoms with Gasteiger partial charge in [0.15, 0.2) is 5.17 Å². The van der Waals surface area contributed by atoms with Crippen LogP contribution in [0.1, 0.15) is 13.8 Å². The first-order valence-corrected chi connectivity index (χ1v) is 6.79. The summed E-state index contributed by atoms with van der Waals surface area (Å²) in [6.07, 6.45) is 0. The maximum Gasteiger partial charge on any atom is 0.161 e. The lowest BCUT2D eigenvalue weighted by atomic mass is 10.1. The third kappa shape index (κ3) is 3.16. The van der Waals surface area contributed by atoms with Gasteiger partial charge in [0.1, 0.15) is 5.75 Å². The molecule has 0 aromatic heterocycles. The Hall–Kier alpha value is -1.16. The van der Waals surface area contributed by atoms with E-state index >= 15 is 0 Å². The highest BCUT2D eigenvalue weighted by Crippen LogP contribution is 2.25. The summed E-state index contributed by atoms with van der Waals surface area (Å²) in [6.45, 7) is 4.43. The summed E-state index contributed by atoms with van der Waals surface area (Å²) in [7, 11) is 1.67. The van der Waals surface area contributed by atoms with Gasteiger partial charge in [-0.1, -0.05) is 25.6 Å². The summed E-state index contributed by atoms with van der Waals surface area (Å²) in [4.78, 5) is 4.66. The largest absolute Gasteiger partial charge is 0.497 e. The minimum absolute atomic E-state index is 0.445. The van der Waals surface area contributed by atoms with E-state index in [0.29, 0.717) is 12.0 Å². The number of methoxy groups -OCH3 is 1. The van der Waals surface area contributed by atoms with E-state index in [0.717, 1.165) is 22.4 Å². The predicted molar refractivity (Wildman–Crippen MR) is 75.1 cm³/mol. The van der Waals surface area contributed by atoms with E-state index in [9.17, 15) is 0 Å². The molecule has 1 heterocycles. The topological polar surface area (TPSA) is 33.6 Å². The van der Waals surface area contributed by atoms with Gasteiger partial charge in [-0.3, -0.25) is 4.99 Å². The van der Waals surface area contributed by atoms with Gasteiger partial charge in [-0.2, -0.15) is 0 Å². The van der Waals surface area contributed by atoms with Gasteiger partial charge < -0.3 is 10.1 Å². The summed E-state index contributed by atoms with van der Waals surface area (Å²) in [6, 6.07) is 8.35. The first-order valence-electron chi connectivity index (χ1n) is 5.80. The summed E-state index contributed by atoms with van der Waals surface area (Å²) in [5, 5.41) is 4.36. The second-order valence-corrected chi connectivity index (χ2v) is 5.42. The van der Waals surface area contributed by atoms with Crippen molar-refractivity contribution in [1.82, 2.24) is 0 Å². The molecule has 0 radical (unpaired) electrons. The van der Waals surface area contributed by atoms with E-state index in [1.165, 1.54) is 0 Å². The number of nitrogens with one attached hydrogen (secondary N) is 1. The molecule has 0 fully saturated rings. The minimum Gasteiger partial charge on any atom is -0.497 e. The first-order chi connectivity index (χ1) is 8.19. The molecule has 1 aromatic rings. The van der Waals surface area contributed by atoms with Gasteiger partial charge >= 0.3 is 0 Å². The zero-order valence-electron chi connectivity index (χ0n) is 10.4. The second kappa shape index (κ2) is 5.45. The molecular formula is C13H18N2OS. The fraction of sp³-hybridized carbons (Fsp3) is 0.462. The van der Waals surface area contributed by atoms with Crippen molar-refractivity contribution in [3.63, 3.8) is 0 Å². The van der Waals surface area contributed by atoms with Crippen LogP contribution >= 0.6 is 11.8 Å². The van der Waals surface area contributed by atoms with Gasteiger partial charge in [0.25, 0.3) is 0 Å². The molecule has 4 heteroatoms. The van der Waals surface area contributed by atoms with Gasteiger partial charge in [-0.15, -0.1) is 0 Å². The molecule has 0 saturated carbocycles. The summed E-state index contributed by atoms with van der Waals surface area (Å²) in [5.41, 5.74) is 1.06. The number of aliphatic imine (C=N–C) groups is 1. The zero-order chi connectivity index (χ0) is 12.3. The number of rotatable bonds is 3. The number of amidine groups is 1. The van der Waals surface area contributed by atoms with Crippen molar-refractivity contribution in [1.29, 1.82) is 0 Å². The molecular weight excluding hydrogens is 232 g/mol. The molecule has 1 atom stereocenters. The molecule has 3 nitrogen and oxygen atoms in total. The van der Waals surface area contributed by atoms with Crippen LogP contribution < -0.4 is 10.1 Å². The van der Waals surface area contributed by atoms with E-state index in [2.05, 4.69) is 24.2 Å². The molecule has 0 saturated heterocycles. The number of benzene rings is 1. The normalized spacial score (nSPS) is 19.3. The van der Waals surface area contributed by atoms with Crippen LogP contribution in [-0.4, -0.2) is 24.1 Å². The van der Waals surface area contributed by atoms with Gasteiger partial charge in [-0.05, 0) is 30.2 Å². The third-order valence-electron chi connectivity index (χ3n) is 2.78. The predicted octanol–water partition coefficient (Wildman–Crippen LogP) is 3.23. The molecule has 1 unspecified atom stereocenters. The average Bonchev–Trinajstić information content (AvgIpc) is 2.79. The van der Waals surface area contributed by atoms with Crippen LogP contribution in [0.25, 0.3) is 0 Å². The zero-order valence-corrected chi connectivity index (χ0v) is 11.3. The maximum atomic E-state index is 5.12. The van der Waals surface area contributed by atoms with E-state index < -0.39 is 0 Å². The fourth-order valence-corrected chi connectivity index (χ4v) is 2.79. The molecule has 0 amide bonds. The van der Waals surface area contributed by atoms with Crippen LogP contribution in [0.4, 0.5) is 5.69 Å². The molecule has 92 valence electrons. The van der Waals surface area contributed by atoms with Crippen LogP contribution in [-0.2, 0) is 0 Å². The summed E-state index contributed by atoms with van der Waals surface area (Å²) >= 11 is 1.79. The van der Waals surface area contributed by atoms with Gasteiger partial charge in [0.05, 0.1) is 13.2 Å². The molecule has 1 N–H and O–H groups in total. The van der Waals surface area contributed by atoms with Crippen molar-refractivity contribution >= 4 is 22.6 Å². The van der Waals surface area contributed by atoms with Gasteiger partial charge in [0.2, 0.25) is 0 Å².